The highest BCUT2D eigenvalue weighted by Gasteiger charge is 2.22. The summed E-state index contributed by atoms with van der Waals surface area (Å²) in [6.45, 7) is 10.4. The van der Waals surface area contributed by atoms with E-state index in [1.54, 1.807) is 7.11 Å². The van der Waals surface area contributed by atoms with E-state index < -0.39 is 11.9 Å². The van der Waals surface area contributed by atoms with E-state index in [2.05, 4.69) is 33.8 Å². The monoisotopic (exact) mass is 488 g/mol. The van der Waals surface area contributed by atoms with Crippen molar-refractivity contribution in [1.29, 1.82) is 0 Å². The van der Waals surface area contributed by atoms with Crippen molar-refractivity contribution in [3.8, 4) is 16.2 Å². The fourth-order valence-corrected chi connectivity index (χ4v) is 5.42. The predicted molar refractivity (Wildman–Crippen MR) is 137 cm³/mol. The Hall–Kier alpha value is -2.64. The fraction of sp³-hybridized carbons (Fsp3) is 0.385. The van der Waals surface area contributed by atoms with Crippen molar-refractivity contribution in [2.75, 3.05) is 7.11 Å². The van der Waals surface area contributed by atoms with Crippen molar-refractivity contribution in [2.45, 2.75) is 59.3 Å². The summed E-state index contributed by atoms with van der Waals surface area (Å²) >= 11 is 2.72. The summed E-state index contributed by atoms with van der Waals surface area (Å²) in [5.41, 5.74) is 2.90. The average Bonchev–Trinajstić information content (AvgIpc) is 3.39. The molecule has 0 bridgehead atoms. The molecule has 0 unspecified atom stereocenters. The summed E-state index contributed by atoms with van der Waals surface area (Å²) in [6.07, 6.45) is 2.57. The highest BCUT2D eigenvalue weighted by Crippen LogP contribution is 2.34. The Balaban J connectivity index is 0.000000238. The quantitative estimate of drug-likeness (QED) is 0.362. The highest BCUT2D eigenvalue weighted by molar-refractivity contribution is 7.17. The Morgan fingerprint density at radius 3 is 2.06 bits per heavy atom. The van der Waals surface area contributed by atoms with Gasteiger partial charge in [0, 0.05) is 9.75 Å². The first-order valence-corrected chi connectivity index (χ1v) is 12.5. The van der Waals surface area contributed by atoms with Gasteiger partial charge >= 0.3 is 11.9 Å². The Morgan fingerprint density at radius 2 is 1.58 bits per heavy atom. The number of rotatable bonds is 7. The van der Waals surface area contributed by atoms with Crippen molar-refractivity contribution in [1.82, 2.24) is 0 Å². The van der Waals surface area contributed by atoms with Crippen LogP contribution in [0.25, 0.3) is 10.4 Å². The second-order valence-electron chi connectivity index (χ2n) is 8.63. The van der Waals surface area contributed by atoms with Crippen LogP contribution in [0, 0.1) is 0 Å². The van der Waals surface area contributed by atoms with Crippen molar-refractivity contribution in [2.24, 2.45) is 0 Å². The van der Waals surface area contributed by atoms with Gasteiger partial charge in [-0.15, -0.1) is 22.7 Å². The second-order valence-corrected chi connectivity index (χ2v) is 10.7. The number of aryl methyl sites for hydroxylation is 2. The lowest BCUT2D eigenvalue weighted by Crippen LogP contribution is -2.08. The molecule has 0 fully saturated rings. The van der Waals surface area contributed by atoms with E-state index in [0.717, 1.165) is 51.5 Å². The van der Waals surface area contributed by atoms with Gasteiger partial charge in [-0.25, -0.2) is 9.59 Å². The summed E-state index contributed by atoms with van der Waals surface area (Å²) in [6, 6.07) is 11.6. The van der Waals surface area contributed by atoms with E-state index >= 15 is 0 Å². The number of methoxy groups -OCH3 is 1. The minimum atomic E-state index is -0.856. The maximum Gasteiger partial charge on any atom is 0.346 e. The lowest BCUT2D eigenvalue weighted by molar-refractivity contribution is 0.0690. The minimum absolute atomic E-state index is 0.0425. The molecule has 7 heteroatoms. The number of benzene rings is 1. The zero-order chi connectivity index (χ0) is 24.8. The standard InChI is InChI=1S/C14H14O3S.C12H18O2S/c1-3-9-8-12(18-13(9)14(15)16)10-5-4-6-11(7-10)17-2;1-5-6-8-7-9(12(2,3)4)15-10(8)11(13)14/h4-8H,3H2,1-2H3,(H,15,16);7H,5-6H2,1-4H3,(H,13,14). The number of ether oxygens (including phenoxy) is 1. The lowest BCUT2D eigenvalue weighted by Gasteiger charge is -2.15. The lowest BCUT2D eigenvalue weighted by atomic mass is 9.93. The van der Waals surface area contributed by atoms with Crippen LogP contribution in [0.3, 0.4) is 0 Å². The average molecular weight is 489 g/mol. The van der Waals surface area contributed by atoms with Crippen molar-refractivity contribution < 1.29 is 24.5 Å². The fourth-order valence-electron chi connectivity index (χ4n) is 3.23. The third-order valence-electron chi connectivity index (χ3n) is 5.00. The van der Waals surface area contributed by atoms with Gasteiger partial charge in [-0.05, 0) is 59.2 Å². The number of carboxylic acid groups (broad SMARTS) is 2. The van der Waals surface area contributed by atoms with Gasteiger partial charge < -0.3 is 14.9 Å². The van der Waals surface area contributed by atoms with E-state index in [4.69, 9.17) is 14.9 Å². The van der Waals surface area contributed by atoms with Crippen LogP contribution in [0.4, 0.5) is 0 Å². The molecular formula is C26H32O5S2. The number of carboxylic acids is 2. The molecule has 0 aliphatic carbocycles. The van der Waals surface area contributed by atoms with Gasteiger partial charge in [-0.3, -0.25) is 0 Å². The molecule has 3 rings (SSSR count). The molecule has 0 saturated heterocycles. The molecule has 2 heterocycles. The SMILES string of the molecule is CCCc1cc(C(C)(C)C)sc1C(=O)O.CCc1cc(-c2cccc(OC)c2)sc1C(=O)O. The number of aromatic carboxylic acids is 2. The topological polar surface area (TPSA) is 83.8 Å². The van der Waals surface area contributed by atoms with E-state index in [9.17, 15) is 9.59 Å². The van der Waals surface area contributed by atoms with Gasteiger partial charge in [-0.1, -0.05) is 53.2 Å². The first-order valence-electron chi connectivity index (χ1n) is 10.9. The molecule has 0 radical (unpaired) electrons. The maximum absolute atomic E-state index is 11.1. The van der Waals surface area contributed by atoms with Crippen LogP contribution in [0.15, 0.2) is 36.4 Å². The smallest absolute Gasteiger partial charge is 0.346 e. The molecule has 5 nitrogen and oxygen atoms in total. The van der Waals surface area contributed by atoms with Crippen LogP contribution < -0.4 is 4.74 Å². The van der Waals surface area contributed by atoms with E-state index in [1.165, 1.54) is 22.7 Å². The summed E-state index contributed by atoms with van der Waals surface area (Å²) in [5, 5.41) is 18.2. The number of thiophene rings is 2. The summed E-state index contributed by atoms with van der Waals surface area (Å²) in [4.78, 5) is 25.2. The molecule has 1 aromatic carbocycles. The van der Waals surface area contributed by atoms with Crippen LogP contribution in [0.1, 0.15) is 76.4 Å². The first-order chi connectivity index (χ1) is 15.5. The normalized spacial score (nSPS) is 11.0. The second kappa shape index (κ2) is 11.5. The van der Waals surface area contributed by atoms with Crippen LogP contribution in [0.2, 0.25) is 0 Å². The summed E-state index contributed by atoms with van der Waals surface area (Å²) in [7, 11) is 1.62. The molecule has 2 N–H and O–H groups in total. The van der Waals surface area contributed by atoms with Crippen molar-refractivity contribution >= 4 is 34.6 Å². The third-order valence-corrected chi connectivity index (χ3v) is 7.81. The molecule has 0 spiro atoms. The first kappa shape index (κ1) is 26.6. The zero-order valence-electron chi connectivity index (χ0n) is 20.0. The number of hydrogen-bond acceptors (Lipinski definition) is 5. The molecule has 33 heavy (non-hydrogen) atoms. The summed E-state index contributed by atoms with van der Waals surface area (Å²) < 4.78 is 5.18. The van der Waals surface area contributed by atoms with Gasteiger partial charge in [0.2, 0.25) is 0 Å². The molecular weight excluding hydrogens is 456 g/mol. The van der Waals surface area contributed by atoms with E-state index in [-0.39, 0.29) is 5.41 Å². The Morgan fingerprint density at radius 1 is 0.939 bits per heavy atom. The van der Waals surface area contributed by atoms with Crippen LogP contribution in [0.5, 0.6) is 5.75 Å². The Bertz CT molecular complexity index is 1100. The molecule has 0 saturated carbocycles. The third kappa shape index (κ3) is 6.92. The van der Waals surface area contributed by atoms with Gasteiger partial charge in [0.05, 0.1) is 7.11 Å². The molecule has 0 aliphatic rings. The van der Waals surface area contributed by atoms with Gasteiger partial charge in [-0.2, -0.15) is 0 Å². The molecule has 3 aromatic rings. The molecule has 2 aromatic heterocycles. The minimum Gasteiger partial charge on any atom is -0.497 e. The number of carbonyl (C=O) groups is 2. The van der Waals surface area contributed by atoms with Crippen molar-refractivity contribution in [3.05, 3.63) is 62.2 Å². The van der Waals surface area contributed by atoms with E-state index in [0.29, 0.717) is 9.75 Å². The zero-order valence-corrected chi connectivity index (χ0v) is 21.7. The largest absolute Gasteiger partial charge is 0.497 e. The molecule has 178 valence electrons. The molecule has 0 atom stereocenters. The molecule has 0 amide bonds. The van der Waals surface area contributed by atoms with Gasteiger partial charge in [0.25, 0.3) is 0 Å². The Labute approximate surface area is 203 Å². The van der Waals surface area contributed by atoms with Crippen LogP contribution in [-0.4, -0.2) is 29.3 Å². The van der Waals surface area contributed by atoms with Crippen LogP contribution >= 0.6 is 22.7 Å². The van der Waals surface area contributed by atoms with Gasteiger partial charge in [0.1, 0.15) is 15.5 Å². The predicted octanol–water partition coefficient (Wildman–Crippen LogP) is 7.38. The van der Waals surface area contributed by atoms with E-state index in [1.807, 2.05) is 37.3 Å². The Kier molecular flexibility index (Phi) is 9.25. The van der Waals surface area contributed by atoms with Gasteiger partial charge in [0.15, 0.2) is 0 Å². The summed E-state index contributed by atoms with van der Waals surface area (Å²) in [5.74, 6) is -0.874. The van der Waals surface area contributed by atoms with Crippen LogP contribution in [-0.2, 0) is 18.3 Å². The molecule has 0 aliphatic heterocycles. The van der Waals surface area contributed by atoms with Crippen molar-refractivity contribution in [3.63, 3.8) is 0 Å². The maximum atomic E-state index is 11.1. The number of hydrogen-bond donors (Lipinski definition) is 2. The highest BCUT2D eigenvalue weighted by atomic mass is 32.1.